The third kappa shape index (κ3) is 2.74. The lowest BCUT2D eigenvalue weighted by atomic mass is 10.0. The highest BCUT2D eigenvalue weighted by molar-refractivity contribution is 8.02. The summed E-state index contributed by atoms with van der Waals surface area (Å²) in [6.07, 6.45) is 3.50. The first kappa shape index (κ1) is 16.2. The maximum atomic E-state index is 12.2. The molecule has 6 heteroatoms. The number of fused-ring (bicyclic) bond motifs is 1. The van der Waals surface area contributed by atoms with E-state index in [1.54, 1.807) is 6.08 Å². The minimum Gasteiger partial charge on any atom is -0.465 e. The second-order valence-corrected chi connectivity index (χ2v) is 5.34. The van der Waals surface area contributed by atoms with Crippen molar-refractivity contribution in [2.75, 3.05) is 32.4 Å². The van der Waals surface area contributed by atoms with Crippen LogP contribution >= 0.6 is 11.8 Å². The van der Waals surface area contributed by atoms with E-state index < -0.39 is 11.9 Å². The SMILES string of the molecule is COC(=O)C1=Cc2ccccc2N(C)C(SC)=C1C(=O)OC. The number of esters is 2. The van der Waals surface area contributed by atoms with E-state index in [0.717, 1.165) is 11.3 Å². The van der Waals surface area contributed by atoms with Gasteiger partial charge in [-0.2, -0.15) is 0 Å². The van der Waals surface area contributed by atoms with Gasteiger partial charge in [-0.3, -0.25) is 0 Å². The molecule has 116 valence electrons. The van der Waals surface area contributed by atoms with Crippen molar-refractivity contribution >= 4 is 35.5 Å². The number of benzene rings is 1. The van der Waals surface area contributed by atoms with E-state index >= 15 is 0 Å². The average Bonchev–Trinajstić information content (AvgIpc) is 2.68. The largest absolute Gasteiger partial charge is 0.465 e. The molecule has 0 N–H and O–H groups in total. The summed E-state index contributed by atoms with van der Waals surface area (Å²) in [4.78, 5) is 26.3. The van der Waals surface area contributed by atoms with Gasteiger partial charge in [0.05, 0.1) is 24.8 Å². The average molecular weight is 319 g/mol. The Bertz CT molecular complexity index is 678. The molecule has 0 atom stereocenters. The lowest BCUT2D eigenvalue weighted by Crippen LogP contribution is -2.22. The molecule has 22 heavy (non-hydrogen) atoms. The predicted molar refractivity (Wildman–Crippen MR) is 87.4 cm³/mol. The number of thioether (sulfide) groups is 1. The zero-order chi connectivity index (χ0) is 16.3. The molecule has 0 fully saturated rings. The molecule has 1 aromatic carbocycles. The minimum absolute atomic E-state index is 0.190. The van der Waals surface area contributed by atoms with Gasteiger partial charge in [-0.15, -0.1) is 11.8 Å². The second kappa shape index (κ2) is 6.70. The molecule has 1 aliphatic heterocycles. The fourth-order valence-electron chi connectivity index (χ4n) is 2.34. The van der Waals surface area contributed by atoms with Gasteiger partial charge in [0, 0.05) is 12.7 Å². The standard InChI is InChI=1S/C16H17NO4S/c1-17-12-8-6-5-7-10(12)9-11(15(18)20-2)13(14(17)22-4)16(19)21-3/h5-9H,1-4H3. The molecule has 0 saturated heterocycles. The van der Waals surface area contributed by atoms with E-state index in [1.165, 1.54) is 26.0 Å². The minimum atomic E-state index is -0.572. The van der Waals surface area contributed by atoms with Gasteiger partial charge in [0.15, 0.2) is 0 Å². The molecule has 1 aromatic rings. The van der Waals surface area contributed by atoms with Crippen LogP contribution in [0.25, 0.3) is 6.08 Å². The Labute approximate surface area is 133 Å². The van der Waals surface area contributed by atoms with E-state index in [0.29, 0.717) is 5.03 Å². The molecule has 2 rings (SSSR count). The third-order valence-electron chi connectivity index (χ3n) is 3.37. The van der Waals surface area contributed by atoms with E-state index in [4.69, 9.17) is 9.47 Å². The van der Waals surface area contributed by atoms with Crippen LogP contribution in [-0.2, 0) is 19.1 Å². The lowest BCUT2D eigenvalue weighted by Gasteiger charge is -2.23. The molecular weight excluding hydrogens is 302 g/mol. The number of hydrogen-bond acceptors (Lipinski definition) is 6. The highest BCUT2D eigenvalue weighted by atomic mass is 32.2. The number of nitrogens with zero attached hydrogens (tertiary/aromatic N) is 1. The van der Waals surface area contributed by atoms with Crippen molar-refractivity contribution < 1.29 is 19.1 Å². The summed E-state index contributed by atoms with van der Waals surface area (Å²) in [7, 11) is 4.43. The smallest absolute Gasteiger partial charge is 0.341 e. The van der Waals surface area contributed by atoms with Crippen molar-refractivity contribution in [3.63, 3.8) is 0 Å². The van der Waals surface area contributed by atoms with Gasteiger partial charge in [-0.05, 0) is 24.0 Å². The summed E-state index contributed by atoms with van der Waals surface area (Å²) in [5.74, 6) is -1.14. The van der Waals surface area contributed by atoms with Crippen LogP contribution in [0.15, 0.2) is 40.4 Å². The second-order valence-electron chi connectivity index (χ2n) is 4.54. The number of methoxy groups -OCH3 is 2. The Morgan fingerprint density at radius 1 is 1.09 bits per heavy atom. The fourth-order valence-corrected chi connectivity index (χ4v) is 3.11. The van der Waals surface area contributed by atoms with Crippen LogP contribution in [0.2, 0.25) is 0 Å². The Kier molecular flexibility index (Phi) is 4.92. The number of hydrogen-bond donors (Lipinski definition) is 0. The first-order valence-corrected chi connectivity index (χ1v) is 7.77. The van der Waals surface area contributed by atoms with Crippen molar-refractivity contribution in [3.05, 3.63) is 46.0 Å². The van der Waals surface area contributed by atoms with Gasteiger partial charge in [0.1, 0.15) is 5.57 Å². The topological polar surface area (TPSA) is 55.8 Å². The normalized spacial score (nSPS) is 14.0. The van der Waals surface area contributed by atoms with Gasteiger partial charge in [-0.1, -0.05) is 18.2 Å². The van der Waals surface area contributed by atoms with Crippen LogP contribution in [0, 0.1) is 0 Å². The van der Waals surface area contributed by atoms with Gasteiger partial charge in [0.25, 0.3) is 0 Å². The predicted octanol–water partition coefficient (Wildman–Crippen LogP) is 2.44. The van der Waals surface area contributed by atoms with E-state index in [-0.39, 0.29) is 11.1 Å². The zero-order valence-electron chi connectivity index (χ0n) is 12.9. The van der Waals surface area contributed by atoms with Crippen LogP contribution in [0.3, 0.4) is 0 Å². The third-order valence-corrected chi connectivity index (χ3v) is 4.24. The van der Waals surface area contributed by atoms with Crippen molar-refractivity contribution in [2.24, 2.45) is 0 Å². The van der Waals surface area contributed by atoms with Gasteiger partial charge in [0.2, 0.25) is 0 Å². The van der Waals surface area contributed by atoms with Gasteiger partial charge >= 0.3 is 11.9 Å². The number of carbonyl (C=O) groups excluding carboxylic acids is 2. The van der Waals surface area contributed by atoms with Crippen LogP contribution in [-0.4, -0.2) is 39.5 Å². The highest BCUT2D eigenvalue weighted by Crippen LogP contribution is 2.37. The van der Waals surface area contributed by atoms with Crippen molar-refractivity contribution in [2.45, 2.75) is 0 Å². The number of rotatable bonds is 3. The molecule has 0 saturated carbocycles. The first-order chi connectivity index (χ1) is 10.5. The van der Waals surface area contributed by atoms with E-state index in [2.05, 4.69) is 0 Å². The molecule has 1 aliphatic rings. The van der Waals surface area contributed by atoms with Gasteiger partial charge < -0.3 is 14.4 Å². The summed E-state index contributed by atoms with van der Waals surface area (Å²) in [6, 6.07) is 7.59. The van der Waals surface area contributed by atoms with Crippen LogP contribution in [0.5, 0.6) is 0 Å². The summed E-state index contributed by atoms with van der Waals surface area (Å²) in [5.41, 5.74) is 2.12. The molecule has 0 amide bonds. The summed E-state index contributed by atoms with van der Waals surface area (Å²) < 4.78 is 9.70. The molecule has 0 spiro atoms. The molecule has 5 nitrogen and oxygen atoms in total. The number of ether oxygens (including phenoxy) is 2. The van der Waals surface area contributed by atoms with E-state index in [1.807, 2.05) is 42.5 Å². The molecular formula is C16H17NO4S. The Morgan fingerprint density at radius 2 is 1.73 bits per heavy atom. The molecule has 0 unspecified atom stereocenters. The summed E-state index contributed by atoms with van der Waals surface area (Å²) in [6.45, 7) is 0. The molecule has 0 bridgehead atoms. The number of carbonyl (C=O) groups is 2. The highest BCUT2D eigenvalue weighted by Gasteiger charge is 2.31. The van der Waals surface area contributed by atoms with Crippen LogP contribution in [0.4, 0.5) is 5.69 Å². The van der Waals surface area contributed by atoms with Crippen molar-refractivity contribution in [1.29, 1.82) is 0 Å². The zero-order valence-corrected chi connectivity index (χ0v) is 13.7. The molecule has 1 heterocycles. The maximum absolute atomic E-state index is 12.2. The monoisotopic (exact) mass is 319 g/mol. The Balaban J connectivity index is 2.79. The first-order valence-electron chi connectivity index (χ1n) is 6.54. The fraction of sp³-hybridized carbons (Fsp3) is 0.250. The molecule has 0 radical (unpaired) electrons. The Morgan fingerprint density at radius 3 is 2.32 bits per heavy atom. The van der Waals surface area contributed by atoms with Crippen LogP contribution in [0.1, 0.15) is 5.56 Å². The van der Waals surface area contributed by atoms with Crippen molar-refractivity contribution in [1.82, 2.24) is 0 Å². The maximum Gasteiger partial charge on any atom is 0.341 e. The van der Waals surface area contributed by atoms with E-state index in [9.17, 15) is 9.59 Å². The number of anilines is 1. The quantitative estimate of drug-likeness (QED) is 0.798. The van der Waals surface area contributed by atoms with Crippen LogP contribution < -0.4 is 4.90 Å². The Hall–Kier alpha value is -2.21. The molecule has 0 aliphatic carbocycles. The van der Waals surface area contributed by atoms with Crippen molar-refractivity contribution in [3.8, 4) is 0 Å². The lowest BCUT2D eigenvalue weighted by molar-refractivity contribution is -0.139. The van der Waals surface area contributed by atoms with Gasteiger partial charge in [-0.25, -0.2) is 9.59 Å². The summed E-state index contributed by atoms with van der Waals surface area (Å²) >= 11 is 1.37. The summed E-state index contributed by atoms with van der Waals surface area (Å²) in [5, 5.41) is 0.633. The molecule has 0 aromatic heterocycles. The number of para-hydroxylation sites is 1.